The molecule has 1 N–H and O–H groups in total. The summed E-state index contributed by atoms with van der Waals surface area (Å²) < 4.78 is 11.6. The number of ether oxygens (including phenoxy) is 2. The second-order valence-electron chi connectivity index (χ2n) is 8.35. The second kappa shape index (κ2) is 12.4. The van der Waals surface area contributed by atoms with Crippen molar-refractivity contribution in [1.82, 2.24) is 10.2 Å². The number of carbonyl (C=O) groups excluding carboxylic acids is 2. The number of benzene rings is 2. The van der Waals surface area contributed by atoms with E-state index in [1.54, 1.807) is 6.92 Å². The van der Waals surface area contributed by atoms with Gasteiger partial charge in [-0.15, -0.1) is 0 Å². The maximum absolute atomic E-state index is 12.5. The molecule has 2 aromatic rings. The number of ketones is 1. The SMILES string of the molecule is CC[C@H](NC(=O)COc1ccc(CCC(C)=O)cc1)[C@@H]1CN(Cc2ccccc2)CCO1. The maximum Gasteiger partial charge on any atom is 0.258 e. The molecule has 2 atom stereocenters. The van der Waals surface area contributed by atoms with Gasteiger partial charge in [0, 0.05) is 26.1 Å². The number of aryl methyl sites for hydroxylation is 1. The fourth-order valence-corrected chi connectivity index (χ4v) is 3.89. The molecule has 0 spiro atoms. The number of hydrogen-bond acceptors (Lipinski definition) is 5. The van der Waals surface area contributed by atoms with E-state index in [1.807, 2.05) is 30.3 Å². The summed E-state index contributed by atoms with van der Waals surface area (Å²) in [5.74, 6) is 0.668. The summed E-state index contributed by atoms with van der Waals surface area (Å²) in [6.45, 7) is 6.85. The Hall–Kier alpha value is -2.70. The van der Waals surface area contributed by atoms with Gasteiger partial charge in [0.2, 0.25) is 0 Å². The average molecular weight is 439 g/mol. The third kappa shape index (κ3) is 7.77. The van der Waals surface area contributed by atoms with Crippen LogP contribution in [0.25, 0.3) is 0 Å². The molecule has 32 heavy (non-hydrogen) atoms. The van der Waals surface area contributed by atoms with Crippen molar-refractivity contribution in [3.63, 3.8) is 0 Å². The predicted molar refractivity (Wildman–Crippen MR) is 125 cm³/mol. The fourth-order valence-electron chi connectivity index (χ4n) is 3.89. The van der Waals surface area contributed by atoms with Crippen molar-refractivity contribution in [3.8, 4) is 5.75 Å². The van der Waals surface area contributed by atoms with Crippen molar-refractivity contribution in [2.75, 3.05) is 26.3 Å². The lowest BCUT2D eigenvalue weighted by atomic mass is 10.1. The largest absolute Gasteiger partial charge is 0.484 e. The molecular weight excluding hydrogens is 404 g/mol. The lowest BCUT2D eigenvalue weighted by Crippen LogP contribution is -2.53. The maximum atomic E-state index is 12.5. The van der Waals surface area contributed by atoms with Crippen LogP contribution < -0.4 is 10.1 Å². The summed E-state index contributed by atoms with van der Waals surface area (Å²) in [6, 6.07) is 17.9. The van der Waals surface area contributed by atoms with Crippen molar-refractivity contribution in [2.24, 2.45) is 0 Å². The number of hydrogen-bond donors (Lipinski definition) is 1. The van der Waals surface area contributed by atoms with Gasteiger partial charge in [-0.05, 0) is 43.0 Å². The van der Waals surface area contributed by atoms with Crippen molar-refractivity contribution in [1.29, 1.82) is 0 Å². The van der Waals surface area contributed by atoms with Gasteiger partial charge in [0.05, 0.1) is 18.8 Å². The molecule has 0 bridgehead atoms. The standard InChI is InChI=1S/C26H34N2O4/c1-3-24(25-18-28(15-16-31-25)17-22-7-5-4-6-8-22)27-26(30)19-32-23-13-11-21(12-14-23)10-9-20(2)29/h4-8,11-14,24-25H,3,9-10,15-19H2,1-2H3,(H,27,30)/t24-,25-/m0/s1. The van der Waals surface area contributed by atoms with E-state index in [0.29, 0.717) is 18.8 Å². The van der Waals surface area contributed by atoms with Crippen molar-refractivity contribution in [2.45, 2.75) is 51.8 Å². The Morgan fingerprint density at radius 3 is 2.56 bits per heavy atom. The van der Waals surface area contributed by atoms with Crippen LogP contribution in [0.1, 0.15) is 37.8 Å². The van der Waals surface area contributed by atoms with Crippen LogP contribution in [-0.4, -0.2) is 55.0 Å². The first-order valence-corrected chi connectivity index (χ1v) is 11.4. The van der Waals surface area contributed by atoms with E-state index in [1.165, 1.54) is 5.56 Å². The lowest BCUT2D eigenvalue weighted by molar-refractivity contribution is -0.126. The first-order chi connectivity index (χ1) is 15.5. The monoisotopic (exact) mass is 438 g/mol. The van der Waals surface area contributed by atoms with Crippen LogP contribution >= 0.6 is 0 Å². The summed E-state index contributed by atoms with van der Waals surface area (Å²) in [5.41, 5.74) is 2.36. The molecule has 1 fully saturated rings. The molecule has 0 radical (unpaired) electrons. The van der Waals surface area contributed by atoms with Crippen molar-refractivity contribution in [3.05, 3.63) is 65.7 Å². The molecular formula is C26H34N2O4. The van der Waals surface area contributed by atoms with Crippen LogP contribution in [0.2, 0.25) is 0 Å². The number of nitrogens with zero attached hydrogens (tertiary/aromatic N) is 1. The minimum Gasteiger partial charge on any atom is -0.484 e. The van der Waals surface area contributed by atoms with E-state index < -0.39 is 0 Å². The zero-order valence-electron chi connectivity index (χ0n) is 19.1. The van der Waals surface area contributed by atoms with Crippen LogP contribution in [0.3, 0.4) is 0 Å². The average Bonchev–Trinajstić information content (AvgIpc) is 2.81. The predicted octanol–water partition coefficient (Wildman–Crippen LogP) is 3.38. The number of carbonyl (C=O) groups is 2. The highest BCUT2D eigenvalue weighted by Gasteiger charge is 2.28. The molecule has 2 aromatic carbocycles. The zero-order valence-corrected chi connectivity index (χ0v) is 19.1. The number of rotatable bonds is 11. The van der Waals surface area contributed by atoms with E-state index in [4.69, 9.17) is 9.47 Å². The van der Waals surface area contributed by atoms with Gasteiger partial charge >= 0.3 is 0 Å². The van der Waals surface area contributed by atoms with Gasteiger partial charge in [-0.3, -0.25) is 9.69 Å². The Labute approximate surface area is 190 Å². The van der Waals surface area contributed by atoms with Gasteiger partial charge in [-0.25, -0.2) is 0 Å². The fraction of sp³-hybridized carbons (Fsp3) is 0.462. The Morgan fingerprint density at radius 2 is 1.88 bits per heavy atom. The second-order valence-corrected chi connectivity index (χ2v) is 8.35. The number of morpholine rings is 1. The molecule has 0 unspecified atom stereocenters. The molecule has 1 aliphatic rings. The van der Waals surface area contributed by atoms with E-state index in [2.05, 4.69) is 41.4 Å². The minimum absolute atomic E-state index is 0.0380. The van der Waals surface area contributed by atoms with Gasteiger partial charge in [0.15, 0.2) is 6.61 Å². The highest BCUT2D eigenvalue weighted by atomic mass is 16.5. The molecule has 6 nitrogen and oxygen atoms in total. The van der Waals surface area contributed by atoms with E-state index >= 15 is 0 Å². The van der Waals surface area contributed by atoms with Gasteiger partial charge < -0.3 is 19.6 Å². The summed E-state index contributed by atoms with van der Waals surface area (Å²) in [6.07, 6.45) is 2.01. The Bertz CT molecular complexity index is 854. The molecule has 0 saturated carbocycles. The molecule has 3 rings (SSSR count). The number of amides is 1. The minimum atomic E-state index is -0.152. The molecule has 1 aliphatic heterocycles. The van der Waals surface area contributed by atoms with Crippen LogP contribution in [0.15, 0.2) is 54.6 Å². The van der Waals surface area contributed by atoms with E-state index in [-0.39, 0.29) is 30.4 Å². The van der Waals surface area contributed by atoms with Crippen molar-refractivity contribution >= 4 is 11.7 Å². The number of Topliss-reactive ketones (excluding diaryl/α,β-unsaturated/α-hetero) is 1. The smallest absolute Gasteiger partial charge is 0.258 e. The topological polar surface area (TPSA) is 67.9 Å². The summed E-state index contributed by atoms with van der Waals surface area (Å²) >= 11 is 0. The first-order valence-electron chi connectivity index (χ1n) is 11.4. The molecule has 0 aliphatic carbocycles. The quantitative estimate of drug-likeness (QED) is 0.583. The molecule has 1 amide bonds. The zero-order chi connectivity index (χ0) is 22.8. The van der Waals surface area contributed by atoms with Crippen LogP contribution in [0.5, 0.6) is 5.75 Å². The van der Waals surface area contributed by atoms with Gasteiger partial charge in [0.25, 0.3) is 5.91 Å². The summed E-state index contributed by atoms with van der Waals surface area (Å²) in [7, 11) is 0. The van der Waals surface area contributed by atoms with Gasteiger partial charge in [-0.2, -0.15) is 0 Å². The van der Waals surface area contributed by atoms with Crippen LogP contribution in [0.4, 0.5) is 0 Å². The van der Waals surface area contributed by atoms with E-state index in [0.717, 1.165) is 38.0 Å². The van der Waals surface area contributed by atoms with Gasteiger partial charge in [0.1, 0.15) is 11.5 Å². The lowest BCUT2D eigenvalue weighted by Gasteiger charge is -2.37. The third-order valence-electron chi connectivity index (χ3n) is 5.72. The van der Waals surface area contributed by atoms with E-state index in [9.17, 15) is 9.59 Å². The van der Waals surface area contributed by atoms with Crippen molar-refractivity contribution < 1.29 is 19.1 Å². The Kier molecular flexibility index (Phi) is 9.26. The Balaban J connectivity index is 1.45. The summed E-state index contributed by atoms with van der Waals surface area (Å²) in [4.78, 5) is 26.0. The molecule has 6 heteroatoms. The molecule has 0 aromatic heterocycles. The van der Waals surface area contributed by atoms with Crippen LogP contribution in [0, 0.1) is 0 Å². The normalized spacial score (nSPS) is 17.5. The third-order valence-corrected chi connectivity index (χ3v) is 5.72. The molecule has 1 saturated heterocycles. The first kappa shape index (κ1) is 24.0. The van der Waals surface area contributed by atoms with Crippen LogP contribution in [-0.2, 0) is 27.3 Å². The van der Waals surface area contributed by atoms with Gasteiger partial charge in [-0.1, -0.05) is 49.4 Å². The highest BCUT2D eigenvalue weighted by molar-refractivity contribution is 5.78. The number of nitrogens with one attached hydrogen (secondary N) is 1. The highest BCUT2D eigenvalue weighted by Crippen LogP contribution is 2.16. The Morgan fingerprint density at radius 1 is 1.12 bits per heavy atom. The molecule has 1 heterocycles. The molecule has 172 valence electrons. The summed E-state index contributed by atoms with van der Waals surface area (Å²) in [5, 5.41) is 3.08.